The molecule has 4 saturated carbocycles. The first-order chi connectivity index (χ1) is 13.5. The molecule has 1 N–H and O–H groups in total. The molecule has 4 bridgehead atoms. The van der Waals surface area contributed by atoms with Gasteiger partial charge in [0, 0.05) is 23.4 Å². The summed E-state index contributed by atoms with van der Waals surface area (Å²) in [6, 6.07) is 3.95. The van der Waals surface area contributed by atoms with Crippen LogP contribution >= 0.6 is 35.3 Å². The van der Waals surface area contributed by atoms with Crippen LogP contribution in [0.4, 0.5) is 0 Å². The predicted octanol–water partition coefficient (Wildman–Crippen LogP) is 4.42. The SMILES string of the molecule is O=C(CCN1C(=O)/C(=C/c2cccs2)SC1=S)NC12CC3CC(CC(C3)C1)C2. The standard InChI is InChI=1S/C21H24N2O2S3/c24-18(22-21-10-13-6-14(11-21)8-15(7-13)12-21)3-4-23-19(25)17(28-20(23)26)9-16-2-1-5-27-16/h1-2,5,9,13-15H,3-4,6-8,10-12H2,(H,22,24)/b17-9-. The van der Waals surface area contributed by atoms with Gasteiger partial charge in [-0.05, 0) is 73.8 Å². The maximum atomic E-state index is 12.7. The zero-order valence-electron chi connectivity index (χ0n) is 15.7. The molecule has 4 aliphatic carbocycles. The second kappa shape index (κ2) is 7.26. The van der Waals surface area contributed by atoms with Crippen LogP contribution in [0.1, 0.15) is 49.8 Å². The van der Waals surface area contributed by atoms with Crippen molar-refractivity contribution >= 4 is 57.5 Å². The van der Waals surface area contributed by atoms with E-state index in [1.807, 2.05) is 23.6 Å². The fourth-order valence-corrected chi connectivity index (χ4v) is 8.06. The van der Waals surface area contributed by atoms with Crippen LogP contribution in [0.2, 0.25) is 0 Å². The molecule has 2 amide bonds. The van der Waals surface area contributed by atoms with Crippen LogP contribution in [0.5, 0.6) is 0 Å². The fourth-order valence-electron chi connectivity index (χ4n) is 6.03. The van der Waals surface area contributed by atoms with E-state index >= 15 is 0 Å². The Labute approximate surface area is 179 Å². The lowest BCUT2D eigenvalue weighted by atomic mass is 9.53. The van der Waals surface area contributed by atoms with Crippen LogP contribution in [0.3, 0.4) is 0 Å². The largest absolute Gasteiger partial charge is 0.351 e. The van der Waals surface area contributed by atoms with Crippen molar-refractivity contribution in [3.8, 4) is 0 Å². The van der Waals surface area contributed by atoms with Crippen LogP contribution in [-0.4, -0.2) is 33.1 Å². The number of hydrogen-bond acceptors (Lipinski definition) is 5. The van der Waals surface area contributed by atoms with E-state index in [4.69, 9.17) is 12.2 Å². The number of carbonyl (C=O) groups excluding carboxylic acids is 2. The van der Waals surface area contributed by atoms with Crippen molar-refractivity contribution in [1.29, 1.82) is 0 Å². The van der Waals surface area contributed by atoms with E-state index < -0.39 is 0 Å². The average Bonchev–Trinajstić information content (AvgIpc) is 3.21. The minimum Gasteiger partial charge on any atom is -0.351 e. The minimum atomic E-state index is -0.0778. The summed E-state index contributed by atoms with van der Waals surface area (Å²) in [4.78, 5) is 28.7. The van der Waals surface area contributed by atoms with E-state index in [9.17, 15) is 9.59 Å². The van der Waals surface area contributed by atoms with Crippen LogP contribution in [0.15, 0.2) is 22.4 Å². The molecule has 4 nitrogen and oxygen atoms in total. The summed E-state index contributed by atoms with van der Waals surface area (Å²) in [5.74, 6) is 2.41. The number of thioether (sulfide) groups is 1. The summed E-state index contributed by atoms with van der Waals surface area (Å²) >= 11 is 8.32. The molecule has 1 aromatic heterocycles. The molecule has 2 heterocycles. The van der Waals surface area contributed by atoms with Crippen molar-refractivity contribution in [3.63, 3.8) is 0 Å². The van der Waals surface area contributed by atoms with Gasteiger partial charge in [-0.1, -0.05) is 30.0 Å². The van der Waals surface area contributed by atoms with E-state index in [0.717, 1.165) is 41.9 Å². The molecule has 5 aliphatic rings. The van der Waals surface area contributed by atoms with Crippen molar-refractivity contribution in [3.05, 3.63) is 27.3 Å². The highest BCUT2D eigenvalue weighted by molar-refractivity contribution is 8.26. The Bertz CT molecular complexity index is 811. The molecule has 0 radical (unpaired) electrons. The second-order valence-electron chi connectivity index (χ2n) is 8.84. The highest BCUT2D eigenvalue weighted by Crippen LogP contribution is 2.55. The zero-order valence-corrected chi connectivity index (χ0v) is 18.1. The van der Waals surface area contributed by atoms with E-state index in [1.165, 1.54) is 31.0 Å². The molecule has 148 valence electrons. The van der Waals surface area contributed by atoms with Crippen molar-refractivity contribution in [1.82, 2.24) is 10.2 Å². The maximum Gasteiger partial charge on any atom is 0.266 e. The third-order valence-corrected chi connectivity index (χ3v) is 8.89. The normalized spacial score (nSPS) is 35.2. The van der Waals surface area contributed by atoms with Gasteiger partial charge in [0.15, 0.2) is 0 Å². The van der Waals surface area contributed by atoms with Crippen LogP contribution in [0, 0.1) is 17.8 Å². The summed E-state index contributed by atoms with van der Waals surface area (Å²) in [5.41, 5.74) is 0.0281. The monoisotopic (exact) mass is 432 g/mol. The Morgan fingerprint density at radius 3 is 2.54 bits per heavy atom. The molecular weight excluding hydrogens is 408 g/mol. The summed E-state index contributed by atoms with van der Waals surface area (Å²) in [7, 11) is 0. The first-order valence-corrected chi connectivity index (χ1v) is 12.2. The molecule has 7 heteroatoms. The Morgan fingerprint density at radius 1 is 1.25 bits per heavy atom. The summed E-state index contributed by atoms with van der Waals surface area (Å²) in [6.45, 7) is 0.366. The highest BCUT2D eigenvalue weighted by Gasteiger charge is 2.51. The van der Waals surface area contributed by atoms with Crippen LogP contribution in [-0.2, 0) is 9.59 Å². The molecule has 28 heavy (non-hydrogen) atoms. The summed E-state index contributed by atoms with van der Waals surface area (Å²) in [6.07, 6.45) is 9.74. The topological polar surface area (TPSA) is 49.4 Å². The Balaban J connectivity index is 1.19. The first-order valence-electron chi connectivity index (χ1n) is 10.1. The number of rotatable bonds is 5. The number of thiocarbonyl (C=S) groups is 1. The molecule has 1 aliphatic heterocycles. The van der Waals surface area contributed by atoms with Gasteiger partial charge in [0.05, 0.1) is 4.91 Å². The van der Waals surface area contributed by atoms with Gasteiger partial charge in [-0.2, -0.15) is 0 Å². The average molecular weight is 433 g/mol. The Morgan fingerprint density at radius 2 is 1.93 bits per heavy atom. The second-order valence-corrected chi connectivity index (χ2v) is 11.5. The number of carbonyl (C=O) groups is 2. The van der Waals surface area contributed by atoms with Crippen molar-refractivity contribution < 1.29 is 9.59 Å². The maximum absolute atomic E-state index is 12.7. The predicted molar refractivity (Wildman–Crippen MR) is 118 cm³/mol. The molecule has 1 saturated heterocycles. The fraction of sp³-hybridized carbons (Fsp3) is 0.571. The van der Waals surface area contributed by atoms with Crippen LogP contribution in [0.25, 0.3) is 6.08 Å². The lowest BCUT2D eigenvalue weighted by Gasteiger charge is -2.57. The minimum absolute atomic E-state index is 0.0281. The van der Waals surface area contributed by atoms with Gasteiger partial charge in [0.25, 0.3) is 5.91 Å². The van der Waals surface area contributed by atoms with Gasteiger partial charge in [0.2, 0.25) is 5.91 Å². The third-order valence-electron chi connectivity index (χ3n) is 6.70. The lowest BCUT2D eigenvalue weighted by Crippen LogP contribution is -2.60. The first kappa shape index (κ1) is 18.8. The molecular formula is C21H24N2O2S3. The number of nitrogens with one attached hydrogen (secondary N) is 1. The highest BCUT2D eigenvalue weighted by atomic mass is 32.2. The summed E-state index contributed by atoms with van der Waals surface area (Å²) < 4.78 is 0.551. The molecule has 0 atom stereocenters. The zero-order chi connectivity index (χ0) is 19.3. The third kappa shape index (κ3) is 3.57. The van der Waals surface area contributed by atoms with Crippen molar-refractivity contribution in [2.75, 3.05) is 6.54 Å². The molecule has 0 aromatic carbocycles. The van der Waals surface area contributed by atoms with Gasteiger partial charge >= 0.3 is 0 Å². The Kier molecular flexibility index (Phi) is 4.88. The van der Waals surface area contributed by atoms with Crippen LogP contribution < -0.4 is 5.32 Å². The number of hydrogen-bond donors (Lipinski definition) is 1. The number of nitrogens with zero attached hydrogens (tertiary/aromatic N) is 1. The van der Waals surface area contributed by atoms with Crippen molar-refractivity contribution in [2.45, 2.75) is 50.5 Å². The Hall–Kier alpha value is -1.18. The lowest BCUT2D eigenvalue weighted by molar-refractivity contribution is -0.127. The van der Waals surface area contributed by atoms with Gasteiger partial charge in [-0.25, -0.2) is 0 Å². The molecule has 0 spiro atoms. The van der Waals surface area contributed by atoms with E-state index in [1.54, 1.807) is 16.2 Å². The van der Waals surface area contributed by atoms with Gasteiger partial charge < -0.3 is 5.32 Å². The van der Waals surface area contributed by atoms with Gasteiger partial charge in [-0.15, -0.1) is 11.3 Å². The van der Waals surface area contributed by atoms with E-state index in [2.05, 4.69) is 5.32 Å². The smallest absolute Gasteiger partial charge is 0.266 e. The molecule has 6 rings (SSSR count). The van der Waals surface area contributed by atoms with Gasteiger partial charge in [0.1, 0.15) is 4.32 Å². The molecule has 0 unspecified atom stereocenters. The number of thiophene rings is 1. The summed E-state index contributed by atoms with van der Waals surface area (Å²) in [5, 5.41) is 5.37. The molecule has 1 aromatic rings. The number of amides is 2. The van der Waals surface area contributed by atoms with E-state index in [0.29, 0.717) is 22.2 Å². The van der Waals surface area contributed by atoms with Crippen molar-refractivity contribution in [2.24, 2.45) is 17.8 Å². The molecule has 5 fully saturated rings. The quantitative estimate of drug-likeness (QED) is 0.553. The van der Waals surface area contributed by atoms with E-state index in [-0.39, 0.29) is 17.4 Å². The van der Waals surface area contributed by atoms with Gasteiger partial charge in [-0.3, -0.25) is 14.5 Å².